The first-order valence-electron chi connectivity index (χ1n) is 2.77. The standard InChI is InChI=1S/C5H12NO2P/c1-2-9(7,8)5-3-4-6/h2H,1,3-6H2,(H,7,8). The Bertz CT molecular complexity index is 135. The third-order valence-electron chi connectivity index (χ3n) is 0.968. The molecule has 0 aliphatic heterocycles. The Hall–Kier alpha value is -0.110. The van der Waals surface area contributed by atoms with Gasteiger partial charge in [-0.1, -0.05) is 6.58 Å². The Kier molecular flexibility index (Phi) is 3.78. The van der Waals surface area contributed by atoms with Crippen molar-refractivity contribution >= 4 is 7.37 Å². The number of hydrogen-bond donors (Lipinski definition) is 2. The summed E-state index contributed by atoms with van der Waals surface area (Å²) in [5, 5.41) is 0. The van der Waals surface area contributed by atoms with Crippen molar-refractivity contribution in [3.8, 4) is 0 Å². The average Bonchev–Trinajstić information content (AvgIpc) is 1.84. The Labute approximate surface area is 55.0 Å². The Morgan fingerprint density at radius 1 is 1.78 bits per heavy atom. The normalized spacial score (nSPS) is 16.7. The van der Waals surface area contributed by atoms with Crippen molar-refractivity contribution in [1.82, 2.24) is 0 Å². The molecule has 0 amide bonds. The van der Waals surface area contributed by atoms with E-state index in [-0.39, 0.29) is 6.16 Å². The van der Waals surface area contributed by atoms with E-state index >= 15 is 0 Å². The van der Waals surface area contributed by atoms with E-state index < -0.39 is 7.37 Å². The van der Waals surface area contributed by atoms with Gasteiger partial charge < -0.3 is 10.6 Å². The molecule has 3 N–H and O–H groups in total. The second-order valence-electron chi connectivity index (χ2n) is 1.80. The van der Waals surface area contributed by atoms with Crippen molar-refractivity contribution in [2.24, 2.45) is 5.73 Å². The van der Waals surface area contributed by atoms with Gasteiger partial charge in [-0.2, -0.15) is 0 Å². The van der Waals surface area contributed by atoms with Gasteiger partial charge >= 0.3 is 0 Å². The van der Waals surface area contributed by atoms with Gasteiger partial charge in [0.1, 0.15) is 0 Å². The van der Waals surface area contributed by atoms with E-state index in [2.05, 4.69) is 6.58 Å². The van der Waals surface area contributed by atoms with E-state index in [9.17, 15) is 4.57 Å². The second kappa shape index (κ2) is 3.83. The molecule has 0 heterocycles. The fourth-order valence-corrected chi connectivity index (χ4v) is 1.23. The van der Waals surface area contributed by atoms with Crippen LogP contribution in [0, 0.1) is 0 Å². The van der Waals surface area contributed by atoms with Crippen molar-refractivity contribution in [3.05, 3.63) is 12.4 Å². The van der Waals surface area contributed by atoms with Gasteiger partial charge in [0.25, 0.3) is 0 Å². The fourth-order valence-electron chi connectivity index (χ4n) is 0.409. The van der Waals surface area contributed by atoms with Crippen LogP contribution in [0.3, 0.4) is 0 Å². The highest BCUT2D eigenvalue weighted by Gasteiger charge is 2.09. The lowest BCUT2D eigenvalue weighted by atomic mass is 10.5. The van der Waals surface area contributed by atoms with Crippen molar-refractivity contribution in [3.63, 3.8) is 0 Å². The molecule has 1 atom stereocenters. The van der Waals surface area contributed by atoms with Crippen molar-refractivity contribution in [1.29, 1.82) is 0 Å². The van der Waals surface area contributed by atoms with Crippen LogP contribution < -0.4 is 5.73 Å². The average molecular weight is 149 g/mol. The summed E-state index contributed by atoms with van der Waals surface area (Å²) in [5.41, 5.74) is 5.12. The quantitative estimate of drug-likeness (QED) is 0.579. The first-order chi connectivity index (χ1) is 4.12. The lowest BCUT2D eigenvalue weighted by Crippen LogP contribution is -2.00. The zero-order valence-corrected chi connectivity index (χ0v) is 6.18. The van der Waals surface area contributed by atoms with Gasteiger partial charge in [-0.05, 0) is 18.8 Å². The minimum atomic E-state index is -3.01. The molecular formula is C5H12NO2P. The fraction of sp³-hybridized carbons (Fsp3) is 0.600. The molecule has 9 heavy (non-hydrogen) atoms. The first kappa shape index (κ1) is 8.89. The van der Waals surface area contributed by atoms with Gasteiger partial charge in [0.15, 0.2) is 0 Å². The van der Waals surface area contributed by atoms with Crippen LogP contribution in [-0.2, 0) is 4.57 Å². The second-order valence-corrected chi connectivity index (χ2v) is 4.13. The van der Waals surface area contributed by atoms with E-state index in [4.69, 9.17) is 10.6 Å². The summed E-state index contributed by atoms with van der Waals surface area (Å²) >= 11 is 0. The van der Waals surface area contributed by atoms with Gasteiger partial charge in [0.05, 0.1) is 0 Å². The third kappa shape index (κ3) is 4.40. The highest BCUT2D eigenvalue weighted by Crippen LogP contribution is 2.41. The smallest absolute Gasteiger partial charge is 0.222 e. The molecule has 0 saturated carbocycles. The molecule has 54 valence electrons. The molecule has 1 unspecified atom stereocenters. The molecule has 0 rings (SSSR count). The first-order valence-corrected chi connectivity index (χ1v) is 4.69. The van der Waals surface area contributed by atoms with Crippen molar-refractivity contribution < 1.29 is 9.46 Å². The van der Waals surface area contributed by atoms with Crippen LogP contribution in [0.1, 0.15) is 6.42 Å². The summed E-state index contributed by atoms with van der Waals surface area (Å²) < 4.78 is 10.7. The zero-order chi connectivity index (χ0) is 7.33. The summed E-state index contributed by atoms with van der Waals surface area (Å²) in [4.78, 5) is 8.84. The lowest BCUT2D eigenvalue weighted by molar-refractivity contribution is 0.487. The van der Waals surface area contributed by atoms with Gasteiger partial charge in [-0.25, -0.2) is 0 Å². The zero-order valence-electron chi connectivity index (χ0n) is 5.29. The third-order valence-corrected chi connectivity index (χ3v) is 2.50. The number of nitrogens with two attached hydrogens (primary N) is 1. The Balaban J connectivity index is 3.59. The summed E-state index contributed by atoms with van der Waals surface area (Å²) in [6, 6.07) is 0. The van der Waals surface area contributed by atoms with Crippen LogP contribution in [0.4, 0.5) is 0 Å². The summed E-state index contributed by atoms with van der Waals surface area (Å²) in [6.07, 6.45) is 0.840. The van der Waals surface area contributed by atoms with E-state index in [1.807, 2.05) is 0 Å². The van der Waals surface area contributed by atoms with E-state index in [1.54, 1.807) is 0 Å². The Morgan fingerprint density at radius 3 is 2.67 bits per heavy atom. The molecule has 0 aromatic carbocycles. The van der Waals surface area contributed by atoms with Crippen molar-refractivity contribution in [2.75, 3.05) is 12.7 Å². The molecule has 4 heteroatoms. The van der Waals surface area contributed by atoms with Gasteiger partial charge in [-0.3, -0.25) is 4.57 Å². The predicted octanol–water partition coefficient (Wildman–Crippen LogP) is 0.749. The summed E-state index contributed by atoms with van der Waals surface area (Å²) in [6.45, 7) is 3.69. The minimum Gasteiger partial charge on any atom is -0.341 e. The highest BCUT2D eigenvalue weighted by atomic mass is 31.2. The van der Waals surface area contributed by atoms with Crippen LogP contribution in [-0.4, -0.2) is 17.6 Å². The monoisotopic (exact) mass is 149 g/mol. The maximum atomic E-state index is 10.7. The van der Waals surface area contributed by atoms with Gasteiger partial charge in [0.2, 0.25) is 7.37 Å². The van der Waals surface area contributed by atoms with Crippen molar-refractivity contribution in [2.45, 2.75) is 6.42 Å². The molecule has 3 nitrogen and oxygen atoms in total. The summed E-state index contributed by atoms with van der Waals surface area (Å²) in [7, 11) is -3.01. The van der Waals surface area contributed by atoms with Crippen LogP contribution >= 0.6 is 7.37 Å². The topological polar surface area (TPSA) is 63.3 Å². The molecule has 0 aromatic heterocycles. The molecule has 0 radical (unpaired) electrons. The molecule has 0 spiro atoms. The maximum absolute atomic E-state index is 10.7. The lowest BCUT2D eigenvalue weighted by Gasteiger charge is -2.02. The molecule has 0 aliphatic carbocycles. The highest BCUT2D eigenvalue weighted by molar-refractivity contribution is 7.61. The predicted molar refractivity (Wildman–Crippen MR) is 38.6 cm³/mol. The Morgan fingerprint density at radius 2 is 2.33 bits per heavy atom. The van der Waals surface area contributed by atoms with E-state index in [1.165, 1.54) is 0 Å². The van der Waals surface area contributed by atoms with E-state index in [0.29, 0.717) is 13.0 Å². The molecule has 0 bridgehead atoms. The molecular weight excluding hydrogens is 137 g/mol. The van der Waals surface area contributed by atoms with Crippen LogP contribution in [0.2, 0.25) is 0 Å². The van der Waals surface area contributed by atoms with Gasteiger partial charge in [0, 0.05) is 6.16 Å². The SMILES string of the molecule is C=CP(=O)(O)CCCN. The van der Waals surface area contributed by atoms with Crippen LogP contribution in [0.5, 0.6) is 0 Å². The largest absolute Gasteiger partial charge is 0.341 e. The molecule has 0 aliphatic rings. The maximum Gasteiger partial charge on any atom is 0.222 e. The van der Waals surface area contributed by atoms with Crippen LogP contribution in [0.15, 0.2) is 12.4 Å². The van der Waals surface area contributed by atoms with E-state index in [0.717, 1.165) is 5.82 Å². The van der Waals surface area contributed by atoms with Gasteiger partial charge in [-0.15, -0.1) is 0 Å². The molecule has 0 saturated heterocycles. The minimum absolute atomic E-state index is 0.257. The number of rotatable bonds is 4. The molecule has 0 aromatic rings. The van der Waals surface area contributed by atoms with Crippen LogP contribution in [0.25, 0.3) is 0 Å². The number of hydrogen-bond acceptors (Lipinski definition) is 2. The summed E-state index contributed by atoms with van der Waals surface area (Å²) in [5.74, 6) is 1.10. The molecule has 0 fully saturated rings.